The Morgan fingerprint density at radius 1 is 0.298 bits per heavy atom. The van der Waals surface area contributed by atoms with Gasteiger partial charge in [0, 0.05) is 28.2 Å². The van der Waals surface area contributed by atoms with Crippen LogP contribution >= 0.6 is 0 Å². The second-order valence-electron chi connectivity index (χ2n) is 22.7. The van der Waals surface area contributed by atoms with Gasteiger partial charge in [-0.15, -0.1) is 0 Å². The second kappa shape index (κ2) is 25.5. The van der Waals surface area contributed by atoms with Crippen LogP contribution in [0.2, 0.25) is 0 Å². The largest absolute Gasteiger partial charge is 0.331 e. The average Bonchev–Trinajstić information content (AvgIpc) is 2.73. The third-order valence-electron chi connectivity index (χ3n) is 18.2. The van der Waals surface area contributed by atoms with Gasteiger partial charge in [0.25, 0.3) is 0 Å². The number of hydrogen-bond acceptors (Lipinski definition) is 2. The first kappa shape index (κ1) is 56.6. The number of nitrogens with zero attached hydrogens (tertiary/aromatic N) is 2. The molecule has 10 aromatic rings. The van der Waals surface area contributed by atoms with Crippen LogP contribution in [0.3, 0.4) is 0 Å². The number of hydrogen-bond donors (Lipinski definition) is 0. The van der Waals surface area contributed by atoms with Crippen molar-refractivity contribution in [2.75, 3.05) is 9.80 Å². The van der Waals surface area contributed by atoms with Crippen LogP contribution in [0, 0.1) is 0 Å². The zero-order valence-electron chi connectivity index (χ0n) is 49.8. The Balaban J connectivity index is 0.980. The van der Waals surface area contributed by atoms with Crippen molar-refractivity contribution in [2.24, 2.45) is 0 Å². The third kappa shape index (κ3) is 11.6. The molecule has 0 aliphatic heterocycles. The van der Waals surface area contributed by atoms with Gasteiger partial charge in [-0.2, -0.15) is 0 Å². The van der Waals surface area contributed by atoms with Gasteiger partial charge in [0.05, 0.1) is 11.1 Å². The lowest BCUT2D eigenvalue weighted by Gasteiger charge is -2.46. The van der Waals surface area contributed by atoms with Crippen molar-refractivity contribution in [3.05, 3.63) is 322 Å². The predicted octanol–water partition coefficient (Wildman–Crippen LogP) is 22.8. The lowest BCUT2D eigenvalue weighted by atomic mass is 9.71. The molecule has 0 amide bonds. The van der Waals surface area contributed by atoms with Crippen LogP contribution < -0.4 is 9.80 Å². The summed E-state index contributed by atoms with van der Waals surface area (Å²) in [5, 5.41) is 0. The summed E-state index contributed by atoms with van der Waals surface area (Å²) in [6.07, 6.45) is 22.3. The highest BCUT2D eigenvalue weighted by Crippen LogP contribution is 2.56. The molecule has 11 rings (SSSR count). The quantitative estimate of drug-likeness (QED) is 0.0662. The molecule has 416 valence electrons. The van der Waals surface area contributed by atoms with E-state index in [4.69, 9.17) is 0 Å². The predicted molar refractivity (Wildman–Crippen MR) is 365 cm³/mol. The van der Waals surface area contributed by atoms with Crippen LogP contribution in [-0.2, 0) is 16.5 Å². The van der Waals surface area contributed by atoms with Crippen molar-refractivity contribution in [2.45, 2.75) is 90.1 Å². The maximum absolute atomic E-state index is 2.64. The summed E-state index contributed by atoms with van der Waals surface area (Å²) in [7, 11) is 0. The molecule has 0 spiro atoms. The van der Waals surface area contributed by atoms with Gasteiger partial charge in [-0.25, -0.2) is 0 Å². The molecule has 10 aromatic carbocycles. The first-order chi connectivity index (χ1) is 41.2. The lowest BCUT2D eigenvalue weighted by Crippen LogP contribution is -2.43. The van der Waals surface area contributed by atoms with Crippen molar-refractivity contribution in [1.82, 2.24) is 0 Å². The van der Waals surface area contributed by atoms with E-state index in [-0.39, 0.29) is 11.0 Å². The van der Waals surface area contributed by atoms with Crippen molar-refractivity contribution in [1.29, 1.82) is 0 Å². The van der Waals surface area contributed by atoms with Crippen molar-refractivity contribution < 1.29 is 0 Å². The summed E-state index contributed by atoms with van der Waals surface area (Å²) in [6.45, 7) is 14.4. The van der Waals surface area contributed by atoms with E-state index in [1.54, 1.807) is 0 Å². The molecule has 1 atom stereocenters. The summed E-state index contributed by atoms with van der Waals surface area (Å²) in [4.78, 5) is 5.23. The van der Waals surface area contributed by atoms with Gasteiger partial charge in [-0.1, -0.05) is 289 Å². The van der Waals surface area contributed by atoms with Gasteiger partial charge >= 0.3 is 0 Å². The molecule has 1 aliphatic carbocycles. The Hall–Kier alpha value is -9.24. The first-order valence-electron chi connectivity index (χ1n) is 30.4. The molecule has 0 fully saturated rings. The molecular weight excluding hydrogens is 1010 g/mol. The highest BCUT2D eigenvalue weighted by molar-refractivity contribution is 5.84. The molecule has 0 saturated carbocycles. The summed E-state index contributed by atoms with van der Waals surface area (Å²) >= 11 is 0. The summed E-state index contributed by atoms with van der Waals surface area (Å²) in [5.74, 6) is 0. The molecule has 0 aromatic heterocycles. The molecule has 0 saturated heterocycles. The Kier molecular flexibility index (Phi) is 17.2. The second-order valence-corrected chi connectivity index (χ2v) is 22.7. The van der Waals surface area contributed by atoms with Gasteiger partial charge in [-0.05, 0) is 165 Å². The standard InChI is InChI=1S/C82H78N2/c1-7-80(6,83(72-50-40-66(41-51-72)36-32-62-24-16-12-17-25-62)73-52-42-67(43-53-73)37-33-63-26-18-13-19-27-63)70-48-58-76-77-59-49-71(61-79(77)81(8-2,9-3)78(76)60-70)82(10-4,11-5)84(74-54-44-68(45-55-74)38-34-64-28-20-14-21-29-64)75-56-46-69(47-57-75)39-35-65-30-22-15-23-31-65/h12-61H,7-11H2,1-6H3/b36-32+,37-33+,38-34+,39-35+. The molecule has 2 heteroatoms. The zero-order chi connectivity index (χ0) is 57.9. The Morgan fingerprint density at radius 2 is 0.571 bits per heavy atom. The molecule has 0 heterocycles. The molecule has 1 unspecified atom stereocenters. The molecular formula is C82H78N2. The van der Waals surface area contributed by atoms with E-state index >= 15 is 0 Å². The van der Waals surface area contributed by atoms with Crippen LogP contribution in [0.25, 0.3) is 59.7 Å². The maximum Gasteiger partial charge on any atom is 0.0697 e. The first-order valence-corrected chi connectivity index (χ1v) is 30.4. The van der Waals surface area contributed by atoms with Gasteiger partial charge in [0.15, 0.2) is 0 Å². The number of anilines is 4. The SMILES string of the molecule is CCC1(CC)c2cc(C(C)(CC)N(c3ccc(/C=C/c4ccccc4)cc3)c3ccc(/C=C/c4ccccc4)cc3)ccc2-c2ccc(C(CC)(CC)N(c3ccc(/C=C/c4ccccc4)cc3)c3ccc(/C=C/c4ccccc4)cc3)cc21. The fraction of sp³-hybridized carbons (Fsp3) is 0.171. The van der Waals surface area contributed by atoms with E-state index < -0.39 is 5.54 Å². The zero-order valence-corrected chi connectivity index (χ0v) is 49.8. The minimum absolute atomic E-state index is 0.187. The van der Waals surface area contributed by atoms with Crippen molar-refractivity contribution in [3.8, 4) is 11.1 Å². The molecule has 2 nitrogen and oxygen atoms in total. The van der Waals surface area contributed by atoms with Gasteiger partial charge in [0.2, 0.25) is 0 Å². The lowest BCUT2D eigenvalue weighted by molar-refractivity contribution is 0.401. The van der Waals surface area contributed by atoms with Crippen molar-refractivity contribution >= 4 is 71.4 Å². The normalized spacial score (nSPS) is 13.6. The number of rotatable bonds is 21. The summed E-state index contributed by atoms with van der Waals surface area (Å²) < 4.78 is 0. The molecule has 1 aliphatic rings. The molecule has 84 heavy (non-hydrogen) atoms. The fourth-order valence-corrected chi connectivity index (χ4v) is 13.1. The smallest absolute Gasteiger partial charge is 0.0697 e. The summed E-state index contributed by atoms with van der Waals surface area (Å²) in [6, 6.07) is 93.9. The highest BCUT2D eigenvalue weighted by Gasteiger charge is 2.45. The van der Waals surface area contributed by atoms with E-state index in [2.05, 4.69) is 355 Å². The van der Waals surface area contributed by atoms with E-state index in [1.807, 2.05) is 0 Å². The average molecular weight is 1090 g/mol. The topological polar surface area (TPSA) is 6.48 Å². The van der Waals surface area contributed by atoms with Crippen molar-refractivity contribution in [3.63, 3.8) is 0 Å². The third-order valence-corrected chi connectivity index (χ3v) is 18.2. The van der Waals surface area contributed by atoms with Crippen LogP contribution in [0.1, 0.15) is 140 Å². The van der Waals surface area contributed by atoms with E-state index in [9.17, 15) is 0 Å². The highest BCUT2D eigenvalue weighted by atomic mass is 15.2. The fourth-order valence-electron chi connectivity index (χ4n) is 13.1. The van der Waals surface area contributed by atoms with E-state index in [1.165, 1.54) is 89.3 Å². The minimum Gasteiger partial charge on any atom is -0.331 e. The molecule has 0 N–H and O–H groups in total. The van der Waals surface area contributed by atoms with E-state index in [0.717, 1.165) is 43.5 Å². The van der Waals surface area contributed by atoms with Gasteiger partial charge in [-0.3, -0.25) is 0 Å². The van der Waals surface area contributed by atoms with Crippen LogP contribution in [0.5, 0.6) is 0 Å². The summed E-state index contributed by atoms with van der Waals surface area (Å²) in [5.41, 5.74) is 21.4. The van der Waals surface area contributed by atoms with Gasteiger partial charge < -0.3 is 9.80 Å². The van der Waals surface area contributed by atoms with Crippen LogP contribution in [0.4, 0.5) is 22.7 Å². The number of benzene rings is 10. The molecule has 0 bridgehead atoms. The monoisotopic (exact) mass is 1090 g/mol. The maximum atomic E-state index is 2.64. The van der Waals surface area contributed by atoms with Crippen LogP contribution in [0.15, 0.2) is 255 Å². The van der Waals surface area contributed by atoms with Gasteiger partial charge in [0.1, 0.15) is 0 Å². The van der Waals surface area contributed by atoms with Crippen LogP contribution in [-0.4, -0.2) is 0 Å². The minimum atomic E-state index is -0.412. The Labute approximate surface area is 501 Å². The number of fused-ring (bicyclic) bond motifs is 3. The Bertz CT molecular complexity index is 3700. The van der Waals surface area contributed by atoms with E-state index in [0.29, 0.717) is 0 Å². The molecule has 0 radical (unpaired) electrons. The Morgan fingerprint density at radius 3 is 0.857 bits per heavy atom.